The number of quaternary nitrogens is 1. The summed E-state index contributed by atoms with van der Waals surface area (Å²) >= 11 is 0. The van der Waals surface area contributed by atoms with Gasteiger partial charge in [-0.25, -0.2) is 0 Å². The smallest absolute Gasteiger partial charge is 0.303 e. The number of aliphatic carboxylic acids is 3. The van der Waals surface area contributed by atoms with Crippen LogP contribution in [-0.2, 0) is 20.9 Å². The quantitative estimate of drug-likeness (QED) is 0.257. The first-order valence-electron chi connectivity index (χ1n) is 12.5. The Labute approximate surface area is 206 Å². The molecule has 34 heavy (non-hydrogen) atoms. The topological polar surface area (TPSA) is 115 Å². The first-order valence-corrected chi connectivity index (χ1v) is 12.5. The first-order chi connectivity index (χ1) is 16.0. The lowest BCUT2D eigenvalue weighted by Crippen LogP contribution is -2.39. The van der Waals surface area contributed by atoms with Gasteiger partial charge in [-0.15, -0.1) is 0 Å². The second kappa shape index (κ2) is 22.4. The van der Waals surface area contributed by atoms with Crippen molar-refractivity contribution >= 4 is 17.9 Å². The monoisotopic (exact) mass is 481 g/mol. The van der Waals surface area contributed by atoms with Crippen LogP contribution in [-0.4, -0.2) is 53.2 Å². The summed E-state index contributed by atoms with van der Waals surface area (Å²) in [5.74, 6) is -3.24. The Balaban J connectivity index is 0. The van der Waals surface area contributed by atoms with Gasteiger partial charge in [0.25, 0.3) is 0 Å². The molecule has 0 spiro atoms. The van der Waals surface area contributed by atoms with E-state index in [-0.39, 0.29) is 12.8 Å². The van der Waals surface area contributed by atoms with E-state index < -0.39 is 17.9 Å². The zero-order chi connectivity index (χ0) is 26.2. The molecule has 1 rings (SSSR count). The highest BCUT2D eigenvalue weighted by molar-refractivity contribution is 5.75. The summed E-state index contributed by atoms with van der Waals surface area (Å²) in [6, 6.07) is 10.9. The van der Waals surface area contributed by atoms with Crippen molar-refractivity contribution < 1.29 is 34.2 Å². The van der Waals surface area contributed by atoms with E-state index in [1.807, 2.05) is 0 Å². The van der Waals surface area contributed by atoms with Crippen molar-refractivity contribution in [2.24, 2.45) is 0 Å². The Morgan fingerprint density at radius 3 is 1.53 bits per heavy atom. The molecular formula is C27H47NO6. The summed E-state index contributed by atoms with van der Waals surface area (Å²) in [5, 5.41) is 24.7. The van der Waals surface area contributed by atoms with Crippen LogP contribution in [0.25, 0.3) is 0 Å². The minimum Gasteiger partial charge on any atom is -0.550 e. The van der Waals surface area contributed by atoms with Gasteiger partial charge in [0, 0.05) is 11.5 Å². The molecule has 0 radical (unpaired) electrons. The molecule has 0 heterocycles. The SMILES string of the molecule is CC(=O)[O-].CCCCCCCCCCCC[N+](C)(C)Cc1ccccc1.O=C(O)CCC(=O)O. The Morgan fingerprint density at radius 1 is 0.765 bits per heavy atom. The number of carboxylic acids is 3. The molecule has 0 aliphatic rings. The average molecular weight is 482 g/mol. The van der Waals surface area contributed by atoms with Crippen LogP contribution in [0, 0.1) is 0 Å². The molecule has 1 aromatic rings. The average Bonchev–Trinajstić information content (AvgIpc) is 2.74. The summed E-state index contributed by atoms with van der Waals surface area (Å²) in [4.78, 5) is 28.2. The lowest BCUT2D eigenvalue weighted by atomic mass is 10.1. The minimum absolute atomic E-state index is 0.296. The third-order valence-electron chi connectivity index (χ3n) is 5.12. The number of nitrogens with zero attached hydrogens (tertiary/aromatic N) is 1. The third-order valence-corrected chi connectivity index (χ3v) is 5.12. The van der Waals surface area contributed by atoms with Crippen molar-refractivity contribution in [1.29, 1.82) is 0 Å². The summed E-state index contributed by atoms with van der Waals surface area (Å²) in [5.41, 5.74) is 1.46. The number of carbonyl (C=O) groups is 3. The highest BCUT2D eigenvalue weighted by Crippen LogP contribution is 2.14. The predicted molar refractivity (Wildman–Crippen MR) is 134 cm³/mol. The van der Waals surface area contributed by atoms with Crippen LogP contribution < -0.4 is 5.11 Å². The van der Waals surface area contributed by atoms with Gasteiger partial charge in [-0.2, -0.15) is 0 Å². The number of benzene rings is 1. The van der Waals surface area contributed by atoms with Crippen LogP contribution in [0.2, 0.25) is 0 Å². The fourth-order valence-electron chi connectivity index (χ4n) is 3.40. The lowest BCUT2D eigenvalue weighted by molar-refractivity contribution is -0.903. The molecule has 0 bridgehead atoms. The second-order valence-electron chi connectivity index (χ2n) is 9.26. The normalized spacial score (nSPS) is 10.4. The molecule has 1 aromatic carbocycles. The number of carboxylic acid groups (broad SMARTS) is 3. The third kappa shape index (κ3) is 29.6. The largest absolute Gasteiger partial charge is 0.550 e. The fraction of sp³-hybridized carbons (Fsp3) is 0.667. The highest BCUT2D eigenvalue weighted by atomic mass is 16.4. The van der Waals surface area contributed by atoms with Gasteiger partial charge < -0.3 is 24.6 Å². The zero-order valence-electron chi connectivity index (χ0n) is 21.8. The molecule has 0 aliphatic heterocycles. The van der Waals surface area contributed by atoms with Gasteiger partial charge in [0.05, 0.1) is 33.5 Å². The number of unbranched alkanes of at least 4 members (excludes halogenated alkanes) is 9. The molecule has 7 nitrogen and oxygen atoms in total. The van der Waals surface area contributed by atoms with E-state index in [2.05, 4.69) is 51.4 Å². The van der Waals surface area contributed by atoms with Crippen LogP contribution in [0.3, 0.4) is 0 Å². The summed E-state index contributed by atoms with van der Waals surface area (Å²) in [6.07, 6.45) is 13.6. The molecule has 7 heteroatoms. The van der Waals surface area contributed by atoms with Crippen LogP contribution in [0.15, 0.2) is 30.3 Å². The Morgan fingerprint density at radius 2 is 1.15 bits per heavy atom. The zero-order valence-corrected chi connectivity index (χ0v) is 21.8. The van der Waals surface area contributed by atoms with Crippen molar-refractivity contribution in [3.8, 4) is 0 Å². The first kappa shape index (κ1) is 33.8. The van der Waals surface area contributed by atoms with E-state index in [4.69, 9.17) is 20.1 Å². The van der Waals surface area contributed by atoms with Crippen molar-refractivity contribution in [2.45, 2.75) is 97.4 Å². The van der Waals surface area contributed by atoms with Crippen LogP contribution in [0.1, 0.15) is 96.5 Å². The number of hydrogen-bond acceptors (Lipinski definition) is 4. The van der Waals surface area contributed by atoms with E-state index in [1.165, 1.54) is 76.3 Å². The van der Waals surface area contributed by atoms with Crippen molar-refractivity contribution in [3.63, 3.8) is 0 Å². The lowest BCUT2D eigenvalue weighted by Gasteiger charge is -2.30. The van der Waals surface area contributed by atoms with Crippen LogP contribution in [0.5, 0.6) is 0 Å². The van der Waals surface area contributed by atoms with Crippen LogP contribution in [0.4, 0.5) is 0 Å². The van der Waals surface area contributed by atoms with Gasteiger partial charge in [-0.3, -0.25) is 9.59 Å². The molecule has 0 aromatic heterocycles. The Kier molecular flexibility index (Phi) is 22.2. The molecule has 0 fully saturated rings. The van der Waals surface area contributed by atoms with E-state index in [9.17, 15) is 9.59 Å². The van der Waals surface area contributed by atoms with E-state index >= 15 is 0 Å². The summed E-state index contributed by atoms with van der Waals surface area (Å²) < 4.78 is 1.11. The van der Waals surface area contributed by atoms with Gasteiger partial charge in [-0.05, 0) is 19.8 Å². The summed E-state index contributed by atoms with van der Waals surface area (Å²) in [6.45, 7) is 5.71. The molecule has 0 unspecified atom stereocenters. The molecule has 0 atom stereocenters. The maximum atomic E-state index is 9.64. The maximum Gasteiger partial charge on any atom is 0.303 e. The van der Waals surface area contributed by atoms with E-state index in [0.29, 0.717) is 0 Å². The Bertz CT molecular complexity index is 628. The molecule has 196 valence electrons. The Hall–Kier alpha value is -2.41. The number of carbonyl (C=O) groups excluding carboxylic acids is 1. The molecule has 0 aliphatic carbocycles. The maximum absolute atomic E-state index is 9.64. The van der Waals surface area contributed by atoms with Crippen molar-refractivity contribution in [1.82, 2.24) is 0 Å². The molecule has 0 amide bonds. The van der Waals surface area contributed by atoms with Gasteiger partial charge in [-0.1, -0.05) is 88.6 Å². The van der Waals surface area contributed by atoms with Gasteiger partial charge in [0.2, 0.25) is 0 Å². The molecule has 2 N–H and O–H groups in total. The predicted octanol–water partition coefficient (Wildman–Crippen LogP) is 4.88. The minimum atomic E-state index is -1.08. The van der Waals surface area contributed by atoms with Gasteiger partial charge in [0.15, 0.2) is 0 Å². The molecule has 0 saturated carbocycles. The molecular weight excluding hydrogens is 434 g/mol. The van der Waals surface area contributed by atoms with Gasteiger partial charge in [0.1, 0.15) is 6.54 Å². The second-order valence-corrected chi connectivity index (χ2v) is 9.26. The van der Waals surface area contributed by atoms with Crippen molar-refractivity contribution in [2.75, 3.05) is 20.6 Å². The van der Waals surface area contributed by atoms with Gasteiger partial charge >= 0.3 is 11.9 Å². The van der Waals surface area contributed by atoms with Crippen LogP contribution >= 0.6 is 0 Å². The fourth-order valence-corrected chi connectivity index (χ4v) is 3.40. The standard InChI is InChI=1S/C21H38N.C4H6O4.C2H4O2/c1-4-5-6-7-8-9-10-11-12-16-19-22(2,3)20-21-17-14-13-15-18-21;5-3(6)1-2-4(7)8;1-2(3)4/h13-15,17-18H,4-12,16,19-20H2,1-3H3;1-2H2,(H,5,6)(H,7,8);1H3,(H,3,4)/q+1;;/p-1. The van der Waals surface area contributed by atoms with Crippen molar-refractivity contribution in [3.05, 3.63) is 35.9 Å². The number of rotatable bonds is 16. The summed E-state index contributed by atoms with van der Waals surface area (Å²) in [7, 11) is 4.72. The number of hydrogen-bond donors (Lipinski definition) is 2. The van der Waals surface area contributed by atoms with E-state index in [1.54, 1.807) is 0 Å². The van der Waals surface area contributed by atoms with E-state index in [0.717, 1.165) is 18.0 Å². The highest BCUT2D eigenvalue weighted by Gasteiger charge is 2.14. The molecule has 0 saturated heterocycles.